The molecule has 1 heterocycles. The van der Waals surface area contributed by atoms with Crippen LogP contribution in [0.1, 0.15) is 32.1 Å². The number of carbonyl (C=O) groups is 1. The van der Waals surface area contributed by atoms with Gasteiger partial charge in [0, 0.05) is 26.1 Å². The van der Waals surface area contributed by atoms with Crippen LogP contribution < -0.4 is 0 Å². The Kier molecular flexibility index (Phi) is 2.63. The first kappa shape index (κ1) is 9.77. The summed E-state index contributed by atoms with van der Waals surface area (Å²) >= 11 is 0. The van der Waals surface area contributed by atoms with Crippen LogP contribution >= 0.6 is 0 Å². The van der Waals surface area contributed by atoms with Crippen molar-refractivity contribution < 1.29 is 14.6 Å². The van der Waals surface area contributed by atoms with Crippen molar-refractivity contribution in [2.75, 3.05) is 19.7 Å². The number of hydrogen-bond acceptors (Lipinski definition) is 3. The van der Waals surface area contributed by atoms with Gasteiger partial charge in [-0.25, -0.2) is 4.79 Å². The van der Waals surface area contributed by atoms with Gasteiger partial charge in [0.1, 0.15) is 5.60 Å². The highest BCUT2D eigenvalue weighted by Gasteiger charge is 2.44. The van der Waals surface area contributed by atoms with Crippen LogP contribution in [-0.4, -0.2) is 41.4 Å². The van der Waals surface area contributed by atoms with Crippen LogP contribution in [0.5, 0.6) is 0 Å². The smallest absolute Gasteiger partial charge is 0.410 e. The number of nitrogens with zero attached hydrogens (tertiary/aromatic N) is 1. The second kappa shape index (κ2) is 3.77. The van der Waals surface area contributed by atoms with Crippen molar-refractivity contribution in [3.63, 3.8) is 0 Å². The maximum atomic E-state index is 11.5. The van der Waals surface area contributed by atoms with Crippen molar-refractivity contribution in [1.29, 1.82) is 0 Å². The van der Waals surface area contributed by atoms with Gasteiger partial charge in [-0.05, 0) is 25.7 Å². The molecule has 1 saturated heterocycles. The van der Waals surface area contributed by atoms with Crippen molar-refractivity contribution in [3.8, 4) is 0 Å². The fraction of sp³-hybridized carbons (Fsp3) is 0.900. The number of carbonyl (C=O) groups excluding carboxylic acids is 1. The van der Waals surface area contributed by atoms with Gasteiger partial charge in [0.15, 0.2) is 0 Å². The molecule has 0 radical (unpaired) electrons. The molecule has 1 aliphatic heterocycles. The topological polar surface area (TPSA) is 49.8 Å². The summed E-state index contributed by atoms with van der Waals surface area (Å²) in [6.07, 6.45) is 4.67. The third-order valence-corrected chi connectivity index (χ3v) is 3.25. The van der Waals surface area contributed by atoms with Gasteiger partial charge in [-0.2, -0.15) is 0 Å². The summed E-state index contributed by atoms with van der Waals surface area (Å²) in [5, 5.41) is 8.66. The first-order chi connectivity index (χ1) is 6.76. The third-order valence-electron chi connectivity index (χ3n) is 3.25. The summed E-state index contributed by atoms with van der Waals surface area (Å²) in [5.74, 6) is 0. The lowest BCUT2D eigenvalue weighted by Gasteiger charge is -2.46. The number of amides is 1. The first-order valence-corrected chi connectivity index (χ1v) is 5.35. The number of ether oxygens (including phenoxy) is 1. The van der Waals surface area contributed by atoms with E-state index in [1.165, 1.54) is 6.42 Å². The Bertz CT molecular complexity index is 225. The van der Waals surface area contributed by atoms with Crippen molar-refractivity contribution in [1.82, 2.24) is 4.90 Å². The second-order valence-corrected chi connectivity index (χ2v) is 4.22. The average molecular weight is 199 g/mol. The summed E-state index contributed by atoms with van der Waals surface area (Å²) in [6.45, 7) is 1.54. The van der Waals surface area contributed by atoms with Gasteiger partial charge in [0.25, 0.3) is 0 Å². The Morgan fingerprint density at radius 2 is 2.21 bits per heavy atom. The lowest BCUT2D eigenvalue weighted by Crippen LogP contribution is -2.53. The fourth-order valence-electron chi connectivity index (χ4n) is 2.12. The lowest BCUT2D eigenvalue weighted by atomic mass is 9.77. The largest absolute Gasteiger partial charge is 0.443 e. The molecule has 0 bridgehead atoms. The summed E-state index contributed by atoms with van der Waals surface area (Å²) in [5.41, 5.74) is -0.104. The third kappa shape index (κ3) is 1.71. The van der Waals surface area contributed by atoms with Crippen LogP contribution in [-0.2, 0) is 4.74 Å². The van der Waals surface area contributed by atoms with Crippen LogP contribution in [0.2, 0.25) is 0 Å². The van der Waals surface area contributed by atoms with E-state index >= 15 is 0 Å². The normalized spacial score (nSPS) is 24.6. The quantitative estimate of drug-likeness (QED) is 0.741. The van der Waals surface area contributed by atoms with Gasteiger partial charge in [0.2, 0.25) is 0 Å². The van der Waals surface area contributed by atoms with Crippen LogP contribution in [0.25, 0.3) is 0 Å². The van der Waals surface area contributed by atoms with Crippen LogP contribution in [0.15, 0.2) is 0 Å². The molecule has 2 fully saturated rings. The molecule has 1 saturated carbocycles. The molecule has 1 spiro atoms. The fourth-order valence-corrected chi connectivity index (χ4v) is 2.12. The maximum absolute atomic E-state index is 11.5. The molecule has 80 valence electrons. The molecule has 0 unspecified atom stereocenters. The van der Waals surface area contributed by atoms with E-state index in [-0.39, 0.29) is 18.3 Å². The highest BCUT2D eigenvalue weighted by molar-refractivity contribution is 5.69. The van der Waals surface area contributed by atoms with Crippen LogP contribution in [0, 0.1) is 0 Å². The number of aliphatic hydroxyl groups excluding tert-OH is 1. The molecule has 4 heteroatoms. The highest BCUT2D eigenvalue weighted by Crippen LogP contribution is 2.41. The van der Waals surface area contributed by atoms with Gasteiger partial charge >= 0.3 is 6.09 Å². The van der Waals surface area contributed by atoms with Gasteiger partial charge in [-0.1, -0.05) is 0 Å². The Morgan fingerprint density at radius 3 is 2.71 bits per heavy atom. The van der Waals surface area contributed by atoms with E-state index in [2.05, 4.69) is 0 Å². The predicted octanol–water partition coefficient (Wildman–Crippen LogP) is 1.13. The molecule has 0 aromatic heterocycles. The van der Waals surface area contributed by atoms with Crippen molar-refractivity contribution >= 4 is 6.09 Å². The number of aliphatic hydroxyl groups is 1. The zero-order valence-corrected chi connectivity index (χ0v) is 8.37. The molecule has 14 heavy (non-hydrogen) atoms. The van der Waals surface area contributed by atoms with E-state index in [1.807, 2.05) is 0 Å². The molecular formula is C10H17NO3. The summed E-state index contributed by atoms with van der Waals surface area (Å²) in [6, 6.07) is 0. The summed E-state index contributed by atoms with van der Waals surface area (Å²) < 4.78 is 5.42. The number of rotatable bonds is 3. The van der Waals surface area contributed by atoms with Gasteiger partial charge < -0.3 is 14.7 Å². The highest BCUT2D eigenvalue weighted by atomic mass is 16.6. The minimum atomic E-state index is -0.190. The molecule has 0 aromatic rings. The van der Waals surface area contributed by atoms with E-state index < -0.39 is 0 Å². The molecule has 2 aliphatic rings. The minimum Gasteiger partial charge on any atom is -0.443 e. The zero-order chi connectivity index (χ0) is 10.0. The van der Waals surface area contributed by atoms with Crippen molar-refractivity contribution in [2.45, 2.75) is 37.7 Å². The zero-order valence-electron chi connectivity index (χ0n) is 8.37. The Morgan fingerprint density at radius 1 is 1.43 bits per heavy atom. The van der Waals surface area contributed by atoms with E-state index in [1.54, 1.807) is 4.90 Å². The van der Waals surface area contributed by atoms with Crippen LogP contribution in [0.3, 0.4) is 0 Å². The molecule has 1 aliphatic carbocycles. The van der Waals surface area contributed by atoms with E-state index in [4.69, 9.17) is 9.84 Å². The van der Waals surface area contributed by atoms with Gasteiger partial charge in [0.05, 0.1) is 0 Å². The Balaban J connectivity index is 1.84. The molecule has 0 atom stereocenters. The average Bonchev–Trinajstić information content (AvgIpc) is 2.13. The first-order valence-electron chi connectivity index (χ1n) is 5.35. The molecule has 4 nitrogen and oxygen atoms in total. The van der Waals surface area contributed by atoms with E-state index in [9.17, 15) is 4.79 Å². The maximum Gasteiger partial charge on any atom is 0.410 e. The van der Waals surface area contributed by atoms with Crippen molar-refractivity contribution in [3.05, 3.63) is 0 Å². The SMILES string of the molecule is O=C1OC2(CCC2)CCN1CCCO. The summed E-state index contributed by atoms with van der Waals surface area (Å²) in [7, 11) is 0. The predicted molar refractivity (Wildman–Crippen MR) is 51.0 cm³/mol. The summed E-state index contributed by atoms with van der Waals surface area (Å²) in [4.78, 5) is 13.2. The molecular weight excluding hydrogens is 182 g/mol. The minimum absolute atomic E-state index is 0.104. The van der Waals surface area contributed by atoms with Crippen LogP contribution in [0.4, 0.5) is 4.79 Å². The molecule has 1 amide bonds. The molecule has 0 aromatic carbocycles. The van der Waals surface area contributed by atoms with E-state index in [0.29, 0.717) is 13.0 Å². The van der Waals surface area contributed by atoms with Gasteiger partial charge in [-0.3, -0.25) is 0 Å². The standard InChI is InChI=1S/C10H17NO3/c12-8-2-6-11-7-5-10(3-1-4-10)14-9(11)13/h12H,1-8H2. The Hall–Kier alpha value is -0.770. The monoisotopic (exact) mass is 199 g/mol. The number of hydrogen-bond donors (Lipinski definition) is 1. The Labute approximate surface area is 83.8 Å². The van der Waals surface area contributed by atoms with Crippen molar-refractivity contribution in [2.24, 2.45) is 0 Å². The molecule has 1 N–H and O–H groups in total. The molecule has 2 rings (SSSR count). The van der Waals surface area contributed by atoms with E-state index in [0.717, 1.165) is 25.8 Å². The lowest BCUT2D eigenvalue weighted by molar-refractivity contribution is -0.0944. The second-order valence-electron chi connectivity index (χ2n) is 4.22. The van der Waals surface area contributed by atoms with Gasteiger partial charge in [-0.15, -0.1) is 0 Å².